The van der Waals surface area contributed by atoms with Gasteiger partial charge in [0.15, 0.2) is 0 Å². The Labute approximate surface area is 89.0 Å². The van der Waals surface area contributed by atoms with Crippen LogP contribution in [0.3, 0.4) is 0 Å². The zero-order valence-corrected chi connectivity index (χ0v) is 9.16. The summed E-state index contributed by atoms with van der Waals surface area (Å²) in [4.78, 5) is 11.5. The lowest BCUT2D eigenvalue weighted by atomic mass is 10.0. The number of ether oxygens (including phenoxy) is 2. The molecule has 1 atom stereocenters. The number of methoxy groups -OCH3 is 1. The van der Waals surface area contributed by atoms with E-state index in [4.69, 9.17) is 9.47 Å². The van der Waals surface area contributed by atoms with E-state index in [1.807, 2.05) is 19.9 Å². The van der Waals surface area contributed by atoms with Gasteiger partial charge in [-0.1, -0.05) is 6.07 Å². The lowest BCUT2D eigenvalue weighted by Gasteiger charge is -2.08. The van der Waals surface area contributed by atoms with Gasteiger partial charge in [0.05, 0.1) is 7.11 Å². The number of hydrogen-bond donors (Lipinski definition) is 0. The molecule has 0 amide bonds. The van der Waals surface area contributed by atoms with Crippen molar-refractivity contribution in [2.45, 2.75) is 26.4 Å². The molecule has 0 saturated carbocycles. The van der Waals surface area contributed by atoms with Crippen LogP contribution in [0.15, 0.2) is 12.1 Å². The van der Waals surface area contributed by atoms with Crippen molar-refractivity contribution in [3.63, 3.8) is 0 Å². The molecule has 1 aromatic carbocycles. The SMILES string of the molecule is COC(=O)c1cc(C)cc2c1OC(C)C2. The summed E-state index contributed by atoms with van der Waals surface area (Å²) in [5, 5.41) is 0. The van der Waals surface area contributed by atoms with Crippen molar-refractivity contribution in [3.8, 4) is 5.75 Å². The molecule has 0 aromatic heterocycles. The molecule has 0 spiro atoms. The Hall–Kier alpha value is -1.51. The molecular weight excluding hydrogens is 192 g/mol. The van der Waals surface area contributed by atoms with Crippen LogP contribution in [-0.2, 0) is 11.2 Å². The Morgan fingerprint density at radius 3 is 2.93 bits per heavy atom. The molecule has 0 radical (unpaired) electrons. The number of esters is 1. The van der Waals surface area contributed by atoms with Crippen LogP contribution in [0.5, 0.6) is 5.75 Å². The monoisotopic (exact) mass is 206 g/mol. The van der Waals surface area contributed by atoms with E-state index in [1.165, 1.54) is 7.11 Å². The molecule has 2 rings (SSSR count). The van der Waals surface area contributed by atoms with Gasteiger partial charge in [-0.3, -0.25) is 0 Å². The molecule has 15 heavy (non-hydrogen) atoms. The molecule has 80 valence electrons. The maximum Gasteiger partial charge on any atom is 0.341 e. The third-order valence-corrected chi connectivity index (χ3v) is 2.54. The molecular formula is C12H14O3. The molecule has 1 heterocycles. The largest absolute Gasteiger partial charge is 0.489 e. The van der Waals surface area contributed by atoms with E-state index in [-0.39, 0.29) is 12.1 Å². The molecule has 0 saturated heterocycles. The van der Waals surface area contributed by atoms with Crippen molar-refractivity contribution in [1.29, 1.82) is 0 Å². The van der Waals surface area contributed by atoms with Crippen LogP contribution >= 0.6 is 0 Å². The Kier molecular flexibility index (Phi) is 2.39. The first-order valence-electron chi connectivity index (χ1n) is 5.00. The summed E-state index contributed by atoms with van der Waals surface area (Å²) >= 11 is 0. The molecule has 1 aromatic rings. The van der Waals surface area contributed by atoms with E-state index in [9.17, 15) is 4.79 Å². The number of aryl methyl sites for hydroxylation is 1. The Balaban J connectivity index is 2.52. The van der Waals surface area contributed by atoms with Gasteiger partial charge in [-0.25, -0.2) is 4.79 Å². The number of carbonyl (C=O) groups excluding carboxylic acids is 1. The van der Waals surface area contributed by atoms with E-state index in [2.05, 4.69) is 6.07 Å². The normalized spacial score (nSPS) is 18.2. The van der Waals surface area contributed by atoms with Crippen LogP contribution in [0.25, 0.3) is 0 Å². The summed E-state index contributed by atoms with van der Waals surface area (Å²) in [7, 11) is 1.38. The van der Waals surface area contributed by atoms with Gasteiger partial charge in [0.25, 0.3) is 0 Å². The smallest absolute Gasteiger partial charge is 0.341 e. The zero-order chi connectivity index (χ0) is 11.0. The van der Waals surface area contributed by atoms with Crippen LogP contribution in [-0.4, -0.2) is 19.2 Å². The maximum atomic E-state index is 11.5. The van der Waals surface area contributed by atoms with E-state index >= 15 is 0 Å². The van der Waals surface area contributed by atoms with Crippen LogP contribution in [0.2, 0.25) is 0 Å². The summed E-state index contributed by atoms with van der Waals surface area (Å²) in [5.41, 5.74) is 2.70. The number of rotatable bonds is 1. The Morgan fingerprint density at radius 2 is 2.27 bits per heavy atom. The topological polar surface area (TPSA) is 35.5 Å². The molecule has 0 N–H and O–H groups in total. The van der Waals surface area contributed by atoms with E-state index in [1.54, 1.807) is 0 Å². The van der Waals surface area contributed by atoms with Gasteiger partial charge < -0.3 is 9.47 Å². The van der Waals surface area contributed by atoms with Crippen molar-refractivity contribution in [1.82, 2.24) is 0 Å². The highest BCUT2D eigenvalue weighted by Gasteiger charge is 2.25. The number of benzene rings is 1. The molecule has 1 unspecified atom stereocenters. The predicted octanol–water partition coefficient (Wildman–Crippen LogP) is 2.11. The minimum absolute atomic E-state index is 0.144. The first kappa shape index (κ1) is 10.0. The standard InChI is InChI=1S/C12H14O3/c1-7-4-9-6-8(2)15-11(9)10(5-7)12(13)14-3/h4-5,8H,6H2,1-3H3. The first-order chi connectivity index (χ1) is 7.11. The lowest BCUT2D eigenvalue weighted by Crippen LogP contribution is -2.08. The van der Waals surface area contributed by atoms with Crippen molar-refractivity contribution in [3.05, 3.63) is 28.8 Å². The minimum atomic E-state index is -0.330. The second kappa shape index (κ2) is 3.57. The zero-order valence-electron chi connectivity index (χ0n) is 9.16. The highest BCUT2D eigenvalue weighted by atomic mass is 16.5. The highest BCUT2D eigenvalue weighted by Crippen LogP contribution is 2.33. The first-order valence-corrected chi connectivity index (χ1v) is 5.00. The van der Waals surface area contributed by atoms with Gasteiger partial charge in [0.1, 0.15) is 17.4 Å². The highest BCUT2D eigenvalue weighted by molar-refractivity contribution is 5.93. The molecule has 3 nitrogen and oxygen atoms in total. The fourth-order valence-corrected chi connectivity index (χ4v) is 1.95. The van der Waals surface area contributed by atoms with Gasteiger partial charge in [-0.05, 0) is 31.0 Å². The second-order valence-electron chi connectivity index (χ2n) is 3.92. The lowest BCUT2D eigenvalue weighted by molar-refractivity contribution is 0.0595. The van der Waals surface area contributed by atoms with E-state index in [0.717, 1.165) is 17.5 Å². The Bertz CT molecular complexity index is 410. The van der Waals surface area contributed by atoms with Crippen LogP contribution in [0.4, 0.5) is 0 Å². The fraction of sp³-hybridized carbons (Fsp3) is 0.417. The average molecular weight is 206 g/mol. The van der Waals surface area contributed by atoms with Crippen LogP contribution in [0, 0.1) is 6.92 Å². The van der Waals surface area contributed by atoms with Crippen molar-refractivity contribution in [2.24, 2.45) is 0 Å². The van der Waals surface area contributed by atoms with Crippen LogP contribution < -0.4 is 4.74 Å². The molecule has 0 bridgehead atoms. The van der Waals surface area contributed by atoms with Gasteiger partial charge >= 0.3 is 5.97 Å². The molecule has 1 aliphatic rings. The maximum absolute atomic E-state index is 11.5. The molecule has 1 aliphatic heterocycles. The average Bonchev–Trinajstić information content (AvgIpc) is 2.55. The Morgan fingerprint density at radius 1 is 1.53 bits per heavy atom. The summed E-state index contributed by atoms with van der Waals surface area (Å²) in [6.45, 7) is 3.96. The van der Waals surface area contributed by atoms with E-state index < -0.39 is 0 Å². The minimum Gasteiger partial charge on any atom is -0.489 e. The van der Waals surface area contributed by atoms with Crippen molar-refractivity contribution in [2.75, 3.05) is 7.11 Å². The number of fused-ring (bicyclic) bond motifs is 1. The summed E-state index contributed by atoms with van der Waals surface area (Å²) in [5.74, 6) is 0.365. The quantitative estimate of drug-likeness (QED) is 0.660. The summed E-state index contributed by atoms with van der Waals surface area (Å²) < 4.78 is 10.3. The fourth-order valence-electron chi connectivity index (χ4n) is 1.95. The third-order valence-electron chi connectivity index (χ3n) is 2.54. The van der Waals surface area contributed by atoms with Gasteiger partial charge in [0, 0.05) is 6.42 Å². The molecule has 0 aliphatic carbocycles. The van der Waals surface area contributed by atoms with Crippen molar-refractivity contribution < 1.29 is 14.3 Å². The van der Waals surface area contributed by atoms with Crippen molar-refractivity contribution >= 4 is 5.97 Å². The van der Waals surface area contributed by atoms with E-state index in [0.29, 0.717) is 11.3 Å². The molecule has 0 fully saturated rings. The second-order valence-corrected chi connectivity index (χ2v) is 3.92. The van der Waals surface area contributed by atoms with Gasteiger partial charge in [-0.15, -0.1) is 0 Å². The van der Waals surface area contributed by atoms with Gasteiger partial charge in [0.2, 0.25) is 0 Å². The third kappa shape index (κ3) is 1.69. The van der Waals surface area contributed by atoms with Gasteiger partial charge in [-0.2, -0.15) is 0 Å². The van der Waals surface area contributed by atoms with Crippen LogP contribution in [0.1, 0.15) is 28.4 Å². The number of carbonyl (C=O) groups is 1. The summed E-state index contributed by atoms with van der Waals surface area (Å²) in [6, 6.07) is 3.87. The molecule has 3 heteroatoms. The number of hydrogen-bond acceptors (Lipinski definition) is 3. The predicted molar refractivity (Wildman–Crippen MR) is 56.3 cm³/mol. The summed E-state index contributed by atoms with van der Waals surface area (Å²) in [6.07, 6.45) is 1.01.